The van der Waals surface area contributed by atoms with Gasteiger partial charge in [-0.3, -0.25) is 53.8 Å². The topological polar surface area (TPSA) is 410 Å². The summed E-state index contributed by atoms with van der Waals surface area (Å²) < 4.78 is 21.5. The zero-order valence-corrected chi connectivity index (χ0v) is 51.0. The first-order valence-electron chi connectivity index (χ1n) is 29.4. The molecular weight excluding hydrogens is 1170 g/mol. The van der Waals surface area contributed by atoms with Crippen molar-refractivity contribution in [3.63, 3.8) is 0 Å². The highest BCUT2D eigenvalue weighted by molar-refractivity contribution is 7.80. The molecule has 0 saturated carbocycles. The van der Waals surface area contributed by atoms with Gasteiger partial charge in [0.1, 0.15) is 37.1 Å². The SMILES string of the molecule is O=C(O)CCCCCCCCCCCCCCCCC(=O)N[C@@H](CCC(=O)N[C@@H](CCC(=O)NCCOCCOCC(=O)NCCOCCOCC(=O)N[C@@H](Cc1ccc(O)cc1)C(=O)CN[C@@H](CS)C(=O)CN[C@@H](CS)C(=O)O)C(=O)O)C(=O)O. The molecule has 12 N–H and O–H groups in total. The van der Waals surface area contributed by atoms with E-state index in [9.17, 15) is 73.2 Å². The number of phenolic OH excluding ortho intramolecular Hbond substituents is 1. The number of aromatic hydroxyl groups is 1. The Morgan fingerprint density at radius 1 is 0.407 bits per heavy atom. The number of unbranched alkanes of at least 4 members (excludes halogenated alkanes) is 13. The molecule has 0 unspecified atom stereocenters. The van der Waals surface area contributed by atoms with Crippen LogP contribution < -0.4 is 37.2 Å². The summed E-state index contributed by atoms with van der Waals surface area (Å²) in [6, 6.07) is 0.280. The van der Waals surface area contributed by atoms with Crippen LogP contribution in [-0.4, -0.2) is 211 Å². The van der Waals surface area contributed by atoms with Gasteiger partial charge in [-0.1, -0.05) is 89.2 Å². The van der Waals surface area contributed by atoms with Gasteiger partial charge in [-0.2, -0.15) is 25.3 Å². The van der Waals surface area contributed by atoms with E-state index in [2.05, 4.69) is 62.5 Å². The number of carbonyl (C=O) groups is 11. The predicted octanol–water partition coefficient (Wildman–Crippen LogP) is 1.74. The van der Waals surface area contributed by atoms with Crippen LogP contribution in [0.5, 0.6) is 5.75 Å². The van der Waals surface area contributed by atoms with Gasteiger partial charge in [-0.15, -0.1) is 0 Å². The number of hydrogen-bond acceptors (Lipinski definition) is 20. The molecule has 488 valence electrons. The summed E-state index contributed by atoms with van der Waals surface area (Å²) in [6.07, 6.45) is 13.6. The van der Waals surface area contributed by atoms with E-state index < -0.39 is 102 Å². The summed E-state index contributed by atoms with van der Waals surface area (Å²) in [7, 11) is 0. The van der Waals surface area contributed by atoms with Gasteiger partial charge in [-0.05, 0) is 49.8 Å². The van der Waals surface area contributed by atoms with Gasteiger partial charge in [0.2, 0.25) is 29.5 Å². The number of thiol groups is 2. The van der Waals surface area contributed by atoms with Gasteiger partial charge < -0.3 is 71.1 Å². The Kier molecular flexibility index (Phi) is 45.5. The zero-order valence-electron chi connectivity index (χ0n) is 49.2. The van der Waals surface area contributed by atoms with E-state index in [1.54, 1.807) is 12.1 Å². The van der Waals surface area contributed by atoms with Crippen molar-refractivity contribution in [2.24, 2.45) is 0 Å². The summed E-state index contributed by atoms with van der Waals surface area (Å²) in [6.45, 7) is -0.679. The van der Waals surface area contributed by atoms with Crippen LogP contribution in [0.2, 0.25) is 0 Å². The normalized spacial score (nSPS) is 12.9. The third kappa shape index (κ3) is 42.0. The van der Waals surface area contributed by atoms with Crippen molar-refractivity contribution < 1.29 is 97.2 Å². The van der Waals surface area contributed by atoms with E-state index in [1.165, 1.54) is 37.8 Å². The van der Waals surface area contributed by atoms with Gasteiger partial charge >= 0.3 is 23.9 Å². The average molecular weight is 1260 g/mol. The molecule has 0 heterocycles. The molecule has 1 rings (SSSR count). The van der Waals surface area contributed by atoms with Gasteiger partial charge in [0.15, 0.2) is 11.6 Å². The summed E-state index contributed by atoms with van der Waals surface area (Å²) in [5.41, 5.74) is 0.629. The maximum absolute atomic E-state index is 13.3. The molecule has 1 aromatic rings. The van der Waals surface area contributed by atoms with Gasteiger partial charge in [0, 0.05) is 50.3 Å². The van der Waals surface area contributed by atoms with E-state index >= 15 is 0 Å². The van der Waals surface area contributed by atoms with Crippen LogP contribution in [0.4, 0.5) is 0 Å². The number of ketones is 2. The first kappa shape index (κ1) is 78.1. The molecule has 0 aliphatic heterocycles. The fourth-order valence-electron chi connectivity index (χ4n) is 8.27. The lowest BCUT2D eigenvalue weighted by Gasteiger charge is -2.21. The molecule has 0 bridgehead atoms. The van der Waals surface area contributed by atoms with Gasteiger partial charge in [-0.25, -0.2) is 9.59 Å². The van der Waals surface area contributed by atoms with Crippen molar-refractivity contribution in [3.8, 4) is 5.75 Å². The maximum atomic E-state index is 13.3. The molecule has 0 radical (unpaired) electrons. The number of carboxylic acid groups (broad SMARTS) is 4. The highest BCUT2D eigenvalue weighted by Crippen LogP contribution is 2.15. The van der Waals surface area contributed by atoms with Crippen LogP contribution in [-0.2, 0) is 78.1 Å². The van der Waals surface area contributed by atoms with Crippen molar-refractivity contribution in [2.45, 2.75) is 165 Å². The number of carbonyl (C=O) groups excluding carboxylic acids is 7. The van der Waals surface area contributed by atoms with E-state index in [1.807, 2.05) is 0 Å². The second-order valence-corrected chi connectivity index (χ2v) is 21.1. The third-order valence-corrected chi connectivity index (χ3v) is 13.9. The predicted molar refractivity (Wildman–Crippen MR) is 321 cm³/mol. The molecule has 0 spiro atoms. The minimum Gasteiger partial charge on any atom is -0.508 e. The number of carboxylic acids is 4. The first-order valence-corrected chi connectivity index (χ1v) is 30.7. The van der Waals surface area contributed by atoms with E-state index in [-0.39, 0.29) is 135 Å². The molecule has 0 aromatic heterocycles. The number of Topliss-reactive ketones (excluding diaryl/α,β-unsaturated/α-hetero) is 2. The molecule has 5 atom stereocenters. The van der Waals surface area contributed by atoms with Crippen molar-refractivity contribution in [3.05, 3.63) is 29.8 Å². The number of aliphatic carboxylic acids is 4. The lowest BCUT2D eigenvalue weighted by Crippen LogP contribution is -2.51. The van der Waals surface area contributed by atoms with E-state index in [4.69, 9.17) is 24.1 Å². The van der Waals surface area contributed by atoms with Crippen molar-refractivity contribution in [2.75, 3.05) is 90.5 Å². The standard InChI is InChI=1S/C57H93N7O20S2/c65-41-19-17-40(18-20-41)33-44(47(66)34-60-45(38-85)48(67)35-61-46(39-86)57(79)80)64-53(72)37-84-32-30-82-28-26-59-52(71)36-83-31-29-81-27-25-58-49(68)23-21-42(55(75)76)63-51(70)24-22-43(56(77)78)62-50(69)15-13-11-9-7-5-3-1-2-4-6-8-10-12-14-16-54(73)74/h17-20,42-46,60-61,65,85-86H,1-16,21-39H2,(H,58,68)(H,59,71)(H,62,69)(H,63,70)(H,64,72)(H,73,74)(H,75,76)(H,77,78)(H,79,80)/t42-,43-,44-,45-,46-/m0/s1. The fraction of sp³-hybridized carbons (Fsp3) is 0.702. The van der Waals surface area contributed by atoms with Gasteiger partial charge in [0.05, 0.1) is 64.8 Å². The van der Waals surface area contributed by atoms with E-state index in [0.717, 1.165) is 57.8 Å². The van der Waals surface area contributed by atoms with E-state index in [0.29, 0.717) is 12.0 Å². The highest BCUT2D eigenvalue weighted by Gasteiger charge is 2.27. The smallest absolute Gasteiger partial charge is 0.326 e. The maximum Gasteiger partial charge on any atom is 0.326 e. The Hall–Kier alpha value is -5.95. The molecule has 0 fully saturated rings. The average Bonchev–Trinajstić information content (AvgIpc) is 3.68. The second kappa shape index (κ2) is 50.1. The lowest BCUT2D eigenvalue weighted by molar-refractivity contribution is -0.143. The third-order valence-electron chi connectivity index (χ3n) is 13.2. The number of rotatable bonds is 57. The fourth-order valence-corrected chi connectivity index (χ4v) is 8.89. The Morgan fingerprint density at radius 2 is 0.791 bits per heavy atom. The number of ether oxygens (including phenoxy) is 4. The van der Waals surface area contributed by atoms with Crippen molar-refractivity contribution in [1.82, 2.24) is 37.2 Å². The minimum absolute atomic E-state index is 0.00515. The highest BCUT2D eigenvalue weighted by atomic mass is 32.1. The van der Waals surface area contributed by atoms with Crippen LogP contribution in [0.25, 0.3) is 0 Å². The molecule has 0 aliphatic rings. The number of amides is 5. The molecule has 0 saturated heterocycles. The Labute approximate surface area is 513 Å². The molecule has 1 aromatic carbocycles. The Balaban J connectivity index is 2.20. The van der Waals surface area contributed by atoms with Crippen LogP contribution >= 0.6 is 25.3 Å². The summed E-state index contributed by atoms with van der Waals surface area (Å²) >= 11 is 8.14. The van der Waals surface area contributed by atoms with Crippen LogP contribution in [0.1, 0.15) is 134 Å². The monoisotopic (exact) mass is 1260 g/mol. The van der Waals surface area contributed by atoms with Crippen molar-refractivity contribution >= 4 is 90.2 Å². The summed E-state index contributed by atoms with van der Waals surface area (Å²) in [4.78, 5) is 134. The number of hydrogen-bond donors (Lipinski definition) is 14. The Morgan fingerprint density at radius 3 is 1.26 bits per heavy atom. The molecule has 86 heavy (non-hydrogen) atoms. The number of benzene rings is 1. The Bertz CT molecular complexity index is 2180. The van der Waals surface area contributed by atoms with Crippen LogP contribution in [0.3, 0.4) is 0 Å². The zero-order chi connectivity index (χ0) is 63.7. The first-order chi connectivity index (χ1) is 41.2. The minimum atomic E-state index is -1.42. The van der Waals surface area contributed by atoms with Crippen LogP contribution in [0.15, 0.2) is 24.3 Å². The molecular formula is C57H93N7O20S2. The van der Waals surface area contributed by atoms with Crippen LogP contribution in [0, 0.1) is 0 Å². The lowest BCUT2D eigenvalue weighted by atomic mass is 10.0. The quantitative estimate of drug-likeness (QED) is 0.0326. The largest absolute Gasteiger partial charge is 0.508 e. The molecule has 0 aliphatic carbocycles. The summed E-state index contributed by atoms with van der Waals surface area (Å²) in [5.74, 6) is -8.28. The molecule has 27 nitrogen and oxygen atoms in total. The molecule has 29 heteroatoms. The number of phenols is 1. The van der Waals surface area contributed by atoms with Gasteiger partial charge in [0.25, 0.3) is 0 Å². The molecule has 5 amide bonds. The number of nitrogens with one attached hydrogen (secondary N) is 7. The van der Waals surface area contributed by atoms with Crippen molar-refractivity contribution in [1.29, 1.82) is 0 Å². The summed E-state index contributed by atoms with van der Waals surface area (Å²) in [5, 5.41) is 64.8. The second-order valence-electron chi connectivity index (χ2n) is 20.4.